The first-order valence-corrected chi connectivity index (χ1v) is 12.1. The van der Waals surface area contributed by atoms with Gasteiger partial charge in [0.2, 0.25) is 5.91 Å². The zero-order valence-corrected chi connectivity index (χ0v) is 22.7. The van der Waals surface area contributed by atoms with E-state index in [1.165, 1.54) is 4.90 Å². The lowest BCUT2D eigenvalue weighted by Gasteiger charge is -2.34. The van der Waals surface area contributed by atoms with Crippen molar-refractivity contribution in [2.75, 3.05) is 11.9 Å². The average molecular weight is 494 g/mol. The van der Waals surface area contributed by atoms with Crippen molar-refractivity contribution < 1.29 is 19.1 Å². The fourth-order valence-electron chi connectivity index (χ4n) is 3.96. The lowest BCUT2D eigenvalue weighted by molar-refractivity contribution is -0.139. The number of benzene rings is 2. The number of alkyl carbamates (subject to hydrolysis) is 1. The Morgan fingerprint density at radius 1 is 1.03 bits per heavy atom. The largest absolute Gasteiger partial charge is 0.444 e. The van der Waals surface area contributed by atoms with Gasteiger partial charge in [-0.15, -0.1) is 6.58 Å². The van der Waals surface area contributed by atoms with Crippen LogP contribution in [0.3, 0.4) is 0 Å². The topological polar surface area (TPSA) is 87.7 Å². The standard InChI is InChI=1S/C29H39N3O4/c1-10-16-32(27(34)22(6)30-28(35)36-29(7,8)9)25(23-17-18(2)14-15-19(23)3)26(33)31-24-20(4)12-11-13-21(24)5/h10-15,17,22,25H,1,16H2,2-9H3,(H,30,35)(H,31,33). The Morgan fingerprint density at radius 3 is 2.19 bits per heavy atom. The second-order valence-corrected chi connectivity index (χ2v) is 10.2. The molecule has 0 fully saturated rings. The van der Waals surface area contributed by atoms with Crippen LogP contribution in [-0.4, -0.2) is 41.0 Å². The number of rotatable bonds is 8. The van der Waals surface area contributed by atoms with Gasteiger partial charge in [-0.1, -0.05) is 48.0 Å². The number of carbonyl (C=O) groups excluding carboxylic acids is 3. The SMILES string of the molecule is C=CCN(C(=O)C(C)NC(=O)OC(C)(C)C)C(C(=O)Nc1c(C)cccc1C)c1cc(C)ccc1C. The van der Waals surface area contributed by atoms with E-state index in [0.717, 1.165) is 22.3 Å². The number of ether oxygens (including phenoxy) is 1. The number of nitrogens with one attached hydrogen (secondary N) is 2. The summed E-state index contributed by atoms with van der Waals surface area (Å²) >= 11 is 0. The Kier molecular flexibility index (Phi) is 9.45. The van der Waals surface area contributed by atoms with Crippen LogP contribution in [0.2, 0.25) is 0 Å². The maximum absolute atomic E-state index is 13.9. The first kappa shape index (κ1) is 28.6. The summed E-state index contributed by atoms with van der Waals surface area (Å²) in [5.74, 6) is -0.774. The molecule has 2 unspecified atom stereocenters. The molecule has 0 spiro atoms. The second-order valence-electron chi connectivity index (χ2n) is 10.2. The summed E-state index contributed by atoms with van der Waals surface area (Å²) in [5, 5.41) is 5.65. The van der Waals surface area contributed by atoms with Gasteiger partial charge in [-0.25, -0.2) is 4.79 Å². The normalized spacial score (nSPS) is 12.8. The van der Waals surface area contributed by atoms with E-state index >= 15 is 0 Å². The van der Waals surface area contributed by atoms with Crippen molar-refractivity contribution >= 4 is 23.6 Å². The van der Waals surface area contributed by atoms with Crippen molar-refractivity contribution in [3.8, 4) is 0 Å². The molecule has 0 saturated carbocycles. The number of hydrogen-bond acceptors (Lipinski definition) is 4. The molecule has 36 heavy (non-hydrogen) atoms. The van der Waals surface area contributed by atoms with Crippen molar-refractivity contribution in [3.63, 3.8) is 0 Å². The molecule has 2 rings (SSSR count). The molecule has 7 heteroatoms. The Bertz CT molecular complexity index is 1110. The second kappa shape index (κ2) is 11.9. The Balaban J connectivity index is 2.51. The zero-order chi connectivity index (χ0) is 27.2. The van der Waals surface area contributed by atoms with E-state index in [0.29, 0.717) is 11.3 Å². The number of aryl methyl sites for hydroxylation is 4. The third kappa shape index (κ3) is 7.44. The summed E-state index contributed by atoms with van der Waals surface area (Å²) in [4.78, 5) is 41.3. The lowest BCUT2D eigenvalue weighted by atomic mass is 9.96. The van der Waals surface area contributed by atoms with E-state index < -0.39 is 29.7 Å². The van der Waals surface area contributed by atoms with Crippen molar-refractivity contribution in [2.24, 2.45) is 0 Å². The third-order valence-corrected chi connectivity index (χ3v) is 5.73. The summed E-state index contributed by atoms with van der Waals surface area (Å²) in [6.45, 7) is 18.4. The molecule has 2 N–H and O–H groups in total. The van der Waals surface area contributed by atoms with E-state index in [2.05, 4.69) is 17.2 Å². The summed E-state index contributed by atoms with van der Waals surface area (Å²) in [6.07, 6.45) is 0.868. The number of hydrogen-bond donors (Lipinski definition) is 2. The molecule has 2 atom stereocenters. The Morgan fingerprint density at radius 2 is 1.64 bits per heavy atom. The van der Waals surface area contributed by atoms with E-state index in [1.54, 1.807) is 33.8 Å². The van der Waals surface area contributed by atoms with Crippen LogP contribution >= 0.6 is 0 Å². The summed E-state index contributed by atoms with van der Waals surface area (Å²) in [6, 6.07) is 9.72. The van der Waals surface area contributed by atoms with Gasteiger partial charge < -0.3 is 20.3 Å². The molecule has 2 aromatic rings. The Labute approximate surface area is 214 Å². The molecule has 0 aliphatic heterocycles. The van der Waals surface area contributed by atoms with E-state index in [1.807, 2.05) is 64.1 Å². The molecule has 2 aromatic carbocycles. The van der Waals surface area contributed by atoms with Crippen molar-refractivity contribution in [1.29, 1.82) is 0 Å². The Hall–Kier alpha value is -3.61. The van der Waals surface area contributed by atoms with Gasteiger partial charge in [0.1, 0.15) is 17.7 Å². The monoisotopic (exact) mass is 493 g/mol. The summed E-state index contributed by atoms with van der Waals surface area (Å²) in [7, 11) is 0. The average Bonchev–Trinajstić information content (AvgIpc) is 2.76. The van der Waals surface area contributed by atoms with E-state index in [4.69, 9.17) is 4.74 Å². The summed E-state index contributed by atoms with van der Waals surface area (Å²) in [5.41, 5.74) is 4.39. The fourth-order valence-corrected chi connectivity index (χ4v) is 3.96. The van der Waals surface area contributed by atoms with Crippen LogP contribution in [0, 0.1) is 27.7 Å². The maximum Gasteiger partial charge on any atom is 0.408 e. The number of anilines is 1. The molecule has 0 bridgehead atoms. The van der Waals surface area contributed by atoms with Gasteiger partial charge in [-0.05, 0) is 77.6 Å². The van der Waals surface area contributed by atoms with Gasteiger partial charge >= 0.3 is 6.09 Å². The molecule has 3 amide bonds. The van der Waals surface area contributed by atoms with Crippen LogP contribution in [0.15, 0.2) is 49.1 Å². The van der Waals surface area contributed by atoms with Crippen LogP contribution in [0.4, 0.5) is 10.5 Å². The van der Waals surface area contributed by atoms with E-state index in [-0.39, 0.29) is 12.5 Å². The highest BCUT2D eigenvalue weighted by Gasteiger charge is 2.35. The molecule has 0 aliphatic rings. The van der Waals surface area contributed by atoms with Crippen LogP contribution < -0.4 is 10.6 Å². The molecule has 0 saturated heterocycles. The first-order chi connectivity index (χ1) is 16.7. The molecule has 7 nitrogen and oxygen atoms in total. The highest BCUT2D eigenvalue weighted by molar-refractivity contribution is 6.00. The third-order valence-electron chi connectivity index (χ3n) is 5.73. The van der Waals surface area contributed by atoms with Crippen molar-refractivity contribution in [3.05, 3.63) is 76.9 Å². The summed E-state index contributed by atoms with van der Waals surface area (Å²) < 4.78 is 5.31. The van der Waals surface area contributed by atoms with Crippen LogP contribution in [0.1, 0.15) is 61.6 Å². The van der Waals surface area contributed by atoms with Gasteiger partial charge in [0.15, 0.2) is 0 Å². The number of para-hydroxylation sites is 1. The molecule has 0 aromatic heterocycles. The van der Waals surface area contributed by atoms with Crippen molar-refractivity contribution in [2.45, 2.75) is 73.1 Å². The van der Waals surface area contributed by atoms with Crippen LogP contribution in [0.5, 0.6) is 0 Å². The predicted octanol–water partition coefficient (Wildman–Crippen LogP) is 5.53. The minimum absolute atomic E-state index is 0.109. The maximum atomic E-state index is 13.9. The molecule has 0 heterocycles. The first-order valence-electron chi connectivity index (χ1n) is 12.1. The number of amides is 3. The van der Waals surface area contributed by atoms with Gasteiger partial charge in [-0.3, -0.25) is 9.59 Å². The lowest BCUT2D eigenvalue weighted by Crippen LogP contribution is -2.51. The van der Waals surface area contributed by atoms with Gasteiger partial charge in [0.25, 0.3) is 5.91 Å². The van der Waals surface area contributed by atoms with Gasteiger partial charge in [0.05, 0.1) is 0 Å². The van der Waals surface area contributed by atoms with Crippen LogP contribution in [-0.2, 0) is 14.3 Å². The van der Waals surface area contributed by atoms with Gasteiger partial charge in [-0.2, -0.15) is 0 Å². The molecule has 0 aliphatic carbocycles. The van der Waals surface area contributed by atoms with E-state index in [9.17, 15) is 14.4 Å². The number of nitrogens with zero attached hydrogens (tertiary/aromatic N) is 1. The van der Waals surface area contributed by atoms with Crippen LogP contribution in [0.25, 0.3) is 0 Å². The highest BCUT2D eigenvalue weighted by Crippen LogP contribution is 2.29. The molecular weight excluding hydrogens is 454 g/mol. The fraction of sp³-hybridized carbons (Fsp3) is 0.414. The van der Waals surface area contributed by atoms with Gasteiger partial charge in [0, 0.05) is 12.2 Å². The van der Waals surface area contributed by atoms with Crippen molar-refractivity contribution in [1.82, 2.24) is 10.2 Å². The predicted molar refractivity (Wildman–Crippen MR) is 144 cm³/mol. The molecule has 194 valence electrons. The number of carbonyl (C=O) groups is 3. The smallest absolute Gasteiger partial charge is 0.408 e. The minimum Gasteiger partial charge on any atom is -0.444 e. The molecular formula is C29H39N3O4. The zero-order valence-electron chi connectivity index (χ0n) is 22.7. The highest BCUT2D eigenvalue weighted by atomic mass is 16.6. The minimum atomic E-state index is -0.947. The quantitative estimate of drug-likeness (QED) is 0.474. The molecule has 0 radical (unpaired) electrons.